The Labute approximate surface area is 172 Å². The third kappa shape index (κ3) is 5.82. The van der Waals surface area contributed by atoms with Gasteiger partial charge in [0, 0.05) is 25.1 Å². The molecule has 0 spiro atoms. The van der Waals surface area contributed by atoms with Gasteiger partial charge in [0.15, 0.2) is 0 Å². The number of nitrogens with zero attached hydrogens (tertiary/aromatic N) is 1. The quantitative estimate of drug-likeness (QED) is 0.723. The monoisotopic (exact) mass is 420 g/mol. The lowest BCUT2D eigenvalue weighted by molar-refractivity contribution is -0.139. The lowest BCUT2D eigenvalue weighted by Gasteiger charge is -2.33. The number of halogens is 3. The zero-order valence-electron chi connectivity index (χ0n) is 16.3. The van der Waals surface area contributed by atoms with Gasteiger partial charge >= 0.3 is 6.18 Å². The molecule has 1 heterocycles. The average Bonchev–Trinajstić information content (AvgIpc) is 2.76. The second-order valence-corrected chi connectivity index (χ2v) is 7.04. The first-order chi connectivity index (χ1) is 14.3. The molecular weight excluding hydrogens is 397 g/mol. The van der Waals surface area contributed by atoms with Crippen molar-refractivity contribution in [3.05, 3.63) is 71.3 Å². The minimum absolute atomic E-state index is 0.0111. The van der Waals surface area contributed by atoms with Crippen molar-refractivity contribution < 1.29 is 27.5 Å². The van der Waals surface area contributed by atoms with Crippen LogP contribution in [0.2, 0.25) is 0 Å². The predicted octanol–water partition coefficient (Wildman–Crippen LogP) is 3.82. The zero-order valence-corrected chi connectivity index (χ0v) is 16.3. The van der Waals surface area contributed by atoms with Crippen LogP contribution in [0.3, 0.4) is 0 Å². The summed E-state index contributed by atoms with van der Waals surface area (Å²) in [5.41, 5.74) is 0.371. The molecule has 1 unspecified atom stereocenters. The minimum Gasteiger partial charge on any atom is -0.370 e. The van der Waals surface area contributed by atoms with Gasteiger partial charge in [0.05, 0.1) is 18.7 Å². The molecule has 0 saturated carbocycles. The number of alkyl halides is 3. The Morgan fingerprint density at radius 1 is 1.07 bits per heavy atom. The number of carbonyl (C=O) groups is 2. The second kappa shape index (κ2) is 9.75. The van der Waals surface area contributed by atoms with E-state index in [0.29, 0.717) is 26.1 Å². The molecule has 1 atom stereocenters. The molecule has 30 heavy (non-hydrogen) atoms. The first-order valence-electron chi connectivity index (χ1n) is 9.74. The van der Waals surface area contributed by atoms with Crippen LogP contribution in [-0.2, 0) is 15.7 Å². The number of hydrogen-bond donors (Lipinski definition) is 1. The van der Waals surface area contributed by atoms with Crippen molar-refractivity contribution in [1.29, 1.82) is 0 Å². The summed E-state index contributed by atoms with van der Waals surface area (Å²) in [6, 6.07) is 13.7. The van der Waals surface area contributed by atoms with Crippen molar-refractivity contribution in [2.75, 3.05) is 26.2 Å². The number of benzene rings is 2. The Morgan fingerprint density at radius 2 is 1.77 bits per heavy atom. The zero-order chi connectivity index (χ0) is 21.6. The highest BCUT2D eigenvalue weighted by Crippen LogP contribution is 2.29. The van der Waals surface area contributed by atoms with Crippen molar-refractivity contribution in [2.24, 2.45) is 0 Å². The molecule has 3 rings (SSSR count). The standard InChI is InChI=1S/C22H23F3N2O3/c23-22(24,25)18-10-8-17(9-11-18)21(29)26-12-4-7-20(28)27-13-14-30-19(15-27)16-5-2-1-3-6-16/h1-3,5-6,8-11,19H,4,7,12-15H2,(H,26,29). The molecule has 0 radical (unpaired) electrons. The number of amides is 2. The van der Waals surface area contributed by atoms with E-state index in [2.05, 4.69) is 5.32 Å². The molecule has 0 aliphatic carbocycles. The molecule has 2 aromatic rings. The highest BCUT2D eigenvalue weighted by molar-refractivity contribution is 5.94. The predicted molar refractivity (Wildman–Crippen MR) is 105 cm³/mol. The van der Waals surface area contributed by atoms with Crippen LogP contribution < -0.4 is 5.32 Å². The van der Waals surface area contributed by atoms with E-state index in [1.807, 2.05) is 30.3 Å². The van der Waals surface area contributed by atoms with Gasteiger partial charge in [-0.25, -0.2) is 0 Å². The first-order valence-corrected chi connectivity index (χ1v) is 9.74. The van der Waals surface area contributed by atoms with Gasteiger partial charge in [0.25, 0.3) is 5.91 Å². The minimum atomic E-state index is -4.44. The van der Waals surface area contributed by atoms with Gasteiger partial charge in [-0.15, -0.1) is 0 Å². The van der Waals surface area contributed by atoms with Crippen LogP contribution >= 0.6 is 0 Å². The number of ether oxygens (including phenoxy) is 1. The van der Waals surface area contributed by atoms with Crippen molar-refractivity contribution in [2.45, 2.75) is 25.1 Å². The van der Waals surface area contributed by atoms with Crippen molar-refractivity contribution in [1.82, 2.24) is 10.2 Å². The topological polar surface area (TPSA) is 58.6 Å². The molecule has 2 aromatic carbocycles. The number of morpholine rings is 1. The van der Waals surface area contributed by atoms with Crippen LogP contribution in [-0.4, -0.2) is 43.0 Å². The van der Waals surface area contributed by atoms with Crippen LogP contribution in [0.5, 0.6) is 0 Å². The van der Waals surface area contributed by atoms with E-state index < -0.39 is 17.6 Å². The van der Waals surface area contributed by atoms with Gasteiger partial charge in [-0.3, -0.25) is 9.59 Å². The maximum absolute atomic E-state index is 12.6. The SMILES string of the molecule is O=C(NCCCC(=O)N1CCOC(c2ccccc2)C1)c1ccc(C(F)(F)F)cc1. The Morgan fingerprint density at radius 3 is 2.43 bits per heavy atom. The van der Waals surface area contributed by atoms with Gasteiger partial charge < -0.3 is 15.0 Å². The summed E-state index contributed by atoms with van der Waals surface area (Å²) in [5, 5.41) is 2.63. The molecular formula is C22H23F3N2O3. The number of carbonyl (C=O) groups excluding carboxylic acids is 2. The highest BCUT2D eigenvalue weighted by Gasteiger charge is 2.30. The largest absolute Gasteiger partial charge is 0.416 e. The van der Waals surface area contributed by atoms with E-state index in [0.717, 1.165) is 29.8 Å². The molecule has 5 nitrogen and oxygen atoms in total. The molecule has 160 valence electrons. The van der Waals surface area contributed by atoms with Crippen LogP contribution in [0, 0.1) is 0 Å². The summed E-state index contributed by atoms with van der Waals surface area (Å²) in [5.74, 6) is -0.477. The van der Waals surface area contributed by atoms with E-state index >= 15 is 0 Å². The van der Waals surface area contributed by atoms with Gasteiger partial charge in [0.1, 0.15) is 6.10 Å². The normalized spacial score (nSPS) is 16.9. The van der Waals surface area contributed by atoms with Gasteiger partial charge in [-0.05, 0) is 36.2 Å². The third-order valence-electron chi connectivity index (χ3n) is 4.92. The van der Waals surface area contributed by atoms with E-state index in [1.165, 1.54) is 0 Å². The van der Waals surface area contributed by atoms with E-state index in [1.54, 1.807) is 4.90 Å². The summed E-state index contributed by atoms with van der Waals surface area (Å²) >= 11 is 0. The third-order valence-corrected chi connectivity index (χ3v) is 4.92. The number of nitrogens with one attached hydrogen (secondary N) is 1. The fourth-order valence-electron chi connectivity index (χ4n) is 3.26. The van der Waals surface area contributed by atoms with Crippen molar-refractivity contribution in [3.63, 3.8) is 0 Å². The second-order valence-electron chi connectivity index (χ2n) is 7.04. The maximum atomic E-state index is 12.6. The molecule has 8 heteroatoms. The number of rotatable bonds is 6. The molecule has 1 aliphatic heterocycles. The Bertz CT molecular complexity index is 854. The summed E-state index contributed by atoms with van der Waals surface area (Å²) in [4.78, 5) is 26.3. The van der Waals surface area contributed by atoms with E-state index in [4.69, 9.17) is 4.74 Å². The first kappa shape index (κ1) is 21.8. The summed E-state index contributed by atoms with van der Waals surface area (Å²) < 4.78 is 43.5. The fourth-order valence-corrected chi connectivity index (χ4v) is 3.26. The van der Waals surface area contributed by atoms with Crippen molar-refractivity contribution >= 4 is 11.8 Å². The molecule has 1 N–H and O–H groups in total. The Kier molecular flexibility index (Phi) is 7.10. The summed E-state index contributed by atoms with van der Waals surface area (Å²) in [6.45, 7) is 1.74. The smallest absolute Gasteiger partial charge is 0.370 e. The number of hydrogen-bond acceptors (Lipinski definition) is 3. The fraction of sp³-hybridized carbons (Fsp3) is 0.364. The molecule has 1 saturated heterocycles. The molecule has 0 aromatic heterocycles. The lowest BCUT2D eigenvalue weighted by Crippen LogP contribution is -2.42. The van der Waals surface area contributed by atoms with Crippen molar-refractivity contribution in [3.8, 4) is 0 Å². The maximum Gasteiger partial charge on any atom is 0.416 e. The molecule has 0 bridgehead atoms. The Balaban J connectivity index is 1.41. The van der Waals surface area contributed by atoms with E-state index in [9.17, 15) is 22.8 Å². The van der Waals surface area contributed by atoms with E-state index in [-0.39, 0.29) is 30.5 Å². The molecule has 2 amide bonds. The summed E-state index contributed by atoms with van der Waals surface area (Å²) in [7, 11) is 0. The van der Waals surface area contributed by atoms with Crippen LogP contribution in [0.15, 0.2) is 54.6 Å². The average molecular weight is 420 g/mol. The van der Waals surface area contributed by atoms with Gasteiger partial charge in [-0.1, -0.05) is 30.3 Å². The Hall–Kier alpha value is -2.87. The van der Waals surface area contributed by atoms with Crippen LogP contribution in [0.1, 0.15) is 40.4 Å². The van der Waals surface area contributed by atoms with Crippen LogP contribution in [0.4, 0.5) is 13.2 Å². The van der Waals surface area contributed by atoms with Gasteiger partial charge in [0.2, 0.25) is 5.91 Å². The molecule has 1 aliphatic rings. The summed E-state index contributed by atoms with van der Waals surface area (Å²) in [6.07, 6.45) is -3.87. The van der Waals surface area contributed by atoms with Gasteiger partial charge in [-0.2, -0.15) is 13.2 Å². The lowest BCUT2D eigenvalue weighted by atomic mass is 10.1. The highest BCUT2D eigenvalue weighted by atomic mass is 19.4. The van der Waals surface area contributed by atoms with Crippen LogP contribution in [0.25, 0.3) is 0 Å². The molecule has 1 fully saturated rings.